The quantitative estimate of drug-likeness (QED) is 0.818. The molecule has 0 spiro atoms. The van der Waals surface area contributed by atoms with Gasteiger partial charge in [0.05, 0.1) is 17.9 Å². The highest BCUT2D eigenvalue weighted by Gasteiger charge is 2.34. The summed E-state index contributed by atoms with van der Waals surface area (Å²) >= 11 is 0. The monoisotopic (exact) mass is 374 g/mol. The highest BCUT2D eigenvalue weighted by molar-refractivity contribution is 7.91. The highest BCUT2D eigenvalue weighted by Crippen LogP contribution is 2.28. The Morgan fingerprint density at radius 2 is 2.08 bits per heavy atom. The maximum atomic E-state index is 13.0. The van der Waals surface area contributed by atoms with E-state index in [1.54, 1.807) is 11.0 Å². The number of nitrogens with one attached hydrogen (secondary N) is 1. The van der Waals surface area contributed by atoms with E-state index in [4.69, 9.17) is 0 Å². The number of hydrogen-bond donors (Lipinski definition) is 1. The minimum atomic E-state index is -3.04. The number of carbonyl (C=O) groups is 1. The minimum absolute atomic E-state index is 0.0461. The highest BCUT2D eigenvalue weighted by atomic mass is 32.2. The van der Waals surface area contributed by atoms with Gasteiger partial charge < -0.3 is 9.88 Å². The van der Waals surface area contributed by atoms with Crippen molar-refractivity contribution in [2.24, 2.45) is 0 Å². The van der Waals surface area contributed by atoms with Gasteiger partial charge in [-0.3, -0.25) is 4.79 Å². The zero-order valence-corrected chi connectivity index (χ0v) is 16.4. The predicted molar refractivity (Wildman–Crippen MR) is 105 cm³/mol. The van der Waals surface area contributed by atoms with Crippen LogP contribution in [-0.2, 0) is 21.1 Å². The van der Waals surface area contributed by atoms with E-state index in [2.05, 4.69) is 30.6 Å². The van der Waals surface area contributed by atoms with Gasteiger partial charge in [-0.25, -0.2) is 8.42 Å². The molecule has 1 aliphatic rings. The largest absolute Gasteiger partial charge is 0.358 e. The van der Waals surface area contributed by atoms with Crippen LogP contribution in [0.2, 0.25) is 0 Å². The third-order valence-corrected chi connectivity index (χ3v) is 6.94. The Balaban J connectivity index is 1.92. The van der Waals surface area contributed by atoms with Gasteiger partial charge >= 0.3 is 0 Å². The molecule has 5 nitrogen and oxygen atoms in total. The SMILES string of the molecule is C=CCN(C(=O)Cc1c(C)[nH]c2c(C)cc(C)cc12)[C@@H]1CCS(=O)(=O)C1. The molecule has 0 radical (unpaired) electrons. The summed E-state index contributed by atoms with van der Waals surface area (Å²) < 4.78 is 23.6. The van der Waals surface area contributed by atoms with Crippen molar-refractivity contribution in [1.82, 2.24) is 9.88 Å². The number of sulfone groups is 1. The van der Waals surface area contributed by atoms with Gasteiger partial charge in [-0.2, -0.15) is 0 Å². The average Bonchev–Trinajstić information content (AvgIpc) is 3.06. The second kappa shape index (κ2) is 6.91. The minimum Gasteiger partial charge on any atom is -0.358 e. The van der Waals surface area contributed by atoms with E-state index in [1.807, 2.05) is 13.8 Å². The molecule has 1 aliphatic heterocycles. The molecule has 26 heavy (non-hydrogen) atoms. The number of H-pyrrole nitrogens is 1. The van der Waals surface area contributed by atoms with Crippen molar-refractivity contribution in [3.8, 4) is 0 Å². The standard InChI is InChI=1S/C20H26N2O3S/c1-5-7-22(16-6-8-26(24,25)12-16)19(23)11-17-15(4)21-20-14(3)9-13(2)10-18(17)20/h5,9-10,16,21H,1,6-8,11-12H2,2-4H3/t16-/m1/s1. The summed E-state index contributed by atoms with van der Waals surface area (Å²) in [6, 6.07) is 3.98. The first-order valence-electron chi connectivity index (χ1n) is 8.91. The molecule has 1 atom stereocenters. The molecule has 1 amide bonds. The lowest BCUT2D eigenvalue weighted by atomic mass is 10.0. The normalized spacial score (nSPS) is 19.0. The zero-order chi connectivity index (χ0) is 19.1. The fraction of sp³-hybridized carbons (Fsp3) is 0.450. The number of amides is 1. The smallest absolute Gasteiger partial charge is 0.227 e. The summed E-state index contributed by atoms with van der Waals surface area (Å²) in [5.41, 5.74) is 5.36. The molecule has 6 heteroatoms. The lowest BCUT2D eigenvalue weighted by Gasteiger charge is -2.27. The first kappa shape index (κ1) is 18.7. The third kappa shape index (κ3) is 3.56. The summed E-state index contributed by atoms with van der Waals surface area (Å²) in [6.07, 6.45) is 2.44. The van der Waals surface area contributed by atoms with Crippen LogP contribution < -0.4 is 0 Å². The van der Waals surface area contributed by atoms with Crippen molar-refractivity contribution in [1.29, 1.82) is 0 Å². The molecule has 0 saturated carbocycles. The van der Waals surface area contributed by atoms with Crippen molar-refractivity contribution in [2.45, 2.75) is 39.7 Å². The van der Waals surface area contributed by atoms with Crippen LogP contribution in [0.5, 0.6) is 0 Å². The number of benzene rings is 1. The second-order valence-corrected chi connectivity index (χ2v) is 9.53. The van der Waals surface area contributed by atoms with Crippen LogP contribution in [0, 0.1) is 20.8 Å². The number of fused-ring (bicyclic) bond motifs is 1. The molecule has 2 heterocycles. The number of rotatable bonds is 5. The Labute approximate surface area is 155 Å². The van der Waals surface area contributed by atoms with Gasteiger partial charge in [-0.1, -0.05) is 17.7 Å². The van der Waals surface area contributed by atoms with Gasteiger partial charge in [0.2, 0.25) is 5.91 Å². The third-order valence-electron chi connectivity index (χ3n) is 5.19. The maximum Gasteiger partial charge on any atom is 0.227 e. The lowest BCUT2D eigenvalue weighted by Crippen LogP contribution is -2.42. The number of carbonyl (C=O) groups excluding carboxylic acids is 1. The molecule has 1 aromatic heterocycles. The lowest BCUT2D eigenvalue weighted by molar-refractivity contribution is -0.131. The molecule has 3 rings (SSSR count). The van der Waals surface area contributed by atoms with Crippen LogP contribution in [0.25, 0.3) is 10.9 Å². The number of aromatic nitrogens is 1. The summed E-state index contributed by atoms with van der Waals surface area (Å²) in [5, 5.41) is 1.07. The molecule has 1 aromatic carbocycles. The van der Waals surface area contributed by atoms with Crippen molar-refractivity contribution in [2.75, 3.05) is 18.1 Å². The van der Waals surface area contributed by atoms with E-state index >= 15 is 0 Å². The van der Waals surface area contributed by atoms with E-state index in [0.717, 1.165) is 33.3 Å². The Kier molecular flexibility index (Phi) is 4.97. The fourth-order valence-corrected chi connectivity index (χ4v) is 5.66. The van der Waals surface area contributed by atoms with Crippen molar-refractivity contribution >= 4 is 26.6 Å². The van der Waals surface area contributed by atoms with Gasteiger partial charge in [0.15, 0.2) is 9.84 Å². The summed E-state index contributed by atoms with van der Waals surface area (Å²) in [4.78, 5) is 18.1. The Bertz CT molecular complexity index is 973. The van der Waals surface area contributed by atoms with E-state index in [-0.39, 0.29) is 29.9 Å². The molecule has 1 saturated heterocycles. The van der Waals surface area contributed by atoms with E-state index in [9.17, 15) is 13.2 Å². The summed E-state index contributed by atoms with van der Waals surface area (Å²) in [6.45, 7) is 10.2. The van der Waals surface area contributed by atoms with Gasteiger partial charge in [0.1, 0.15) is 0 Å². The molecular weight excluding hydrogens is 348 g/mol. The van der Waals surface area contributed by atoms with Crippen LogP contribution in [0.15, 0.2) is 24.8 Å². The Morgan fingerprint density at radius 3 is 2.69 bits per heavy atom. The van der Waals surface area contributed by atoms with Crippen molar-refractivity contribution in [3.05, 3.63) is 47.2 Å². The molecule has 1 N–H and O–H groups in total. The van der Waals surface area contributed by atoms with Gasteiger partial charge in [-0.15, -0.1) is 6.58 Å². The summed E-state index contributed by atoms with van der Waals surface area (Å²) in [5.74, 6) is 0.163. The van der Waals surface area contributed by atoms with Gasteiger partial charge in [-0.05, 0) is 44.4 Å². The molecule has 1 fully saturated rings. The van der Waals surface area contributed by atoms with E-state index in [0.29, 0.717) is 13.0 Å². The molecule has 2 aromatic rings. The molecule has 0 aliphatic carbocycles. The first-order chi connectivity index (χ1) is 12.2. The van der Waals surface area contributed by atoms with Crippen molar-refractivity contribution in [3.63, 3.8) is 0 Å². The number of hydrogen-bond acceptors (Lipinski definition) is 3. The van der Waals surface area contributed by atoms with Crippen LogP contribution in [-0.4, -0.2) is 48.3 Å². The first-order valence-corrected chi connectivity index (χ1v) is 10.7. The maximum absolute atomic E-state index is 13.0. The second-order valence-electron chi connectivity index (χ2n) is 7.30. The number of nitrogens with zero attached hydrogens (tertiary/aromatic N) is 1. The Hall–Kier alpha value is -2.08. The van der Waals surface area contributed by atoms with Crippen LogP contribution in [0.1, 0.15) is 28.8 Å². The number of aromatic amines is 1. The van der Waals surface area contributed by atoms with Crippen LogP contribution >= 0.6 is 0 Å². The molecular formula is C20H26N2O3S. The molecule has 0 bridgehead atoms. The van der Waals surface area contributed by atoms with Crippen LogP contribution in [0.4, 0.5) is 0 Å². The van der Waals surface area contributed by atoms with E-state index in [1.165, 1.54) is 0 Å². The molecule has 0 unspecified atom stereocenters. The topological polar surface area (TPSA) is 70.2 Å². The van der Waals surface area contributed by atoms with Gasteiger partial charge in [0.25, 0.3) is 0 Å². The fourth-order valence-electron chi connectivity index (χ4n) is 3.93. The zero-order valence-electron chi connectivity index (χ0n) is 15.6. The average molecular weight is 375 g/mol. The van der Waals surface area contributed by atoms with Gasteiger partial charge in [0, 0.05) is 29.2 Å². The Morgan fingerprint density at radius 1 is 1.35 bits per heavy atom. The molecule has 140 valence electrons. The predicted octanol–water partition coefficient (Wildman–Crippen LogP) is 2.84. The van der Waals surface area contributed by atoms with Crippen molar-refractivity contribution < 1.29 is 13.2 Å². The summed E-state index contributed by atoms with van der Waals surface area (Å²) in [7, 11) is -3.04. The van der Waals surface area contributed by atoms with E-state index < -0.39 is 9.84 Å². The van der Waals surface area contributed by atoms with Crippen LogP contribution in [0.3, 0.4) is 0 Å². The number of aryl methyl sites for hydroxylation is 3.